The van der Waals surface area contributed by atoms with Crippen molar-refractivity contribution >= 4 is 11.8 Å². The highest BCUT2D eigenvalue weighted by atomic mass is 19.3. The number of ketones is 1. The SMILES string of the molecule is NC1=N[C@@](c2cc(CC(=O)c3cnc(OCc4cnco4)cn3)ccc2F)(C(F)F)[C@H]2C[C@H]2O1. The van der Waals surface area contributed by atoms with Gasteiger partial charge in [-0.25, -0.2) is 33.1 Å². The molecule has 1 aromatic carbocycles. The first-order valence-electron chi connectivity index (χ1n) is 10.3. The summed E-state index contributed by atoms with van der Waals surface area (Å²) in [6.07, 6.45) is 1.81. The highest BCUT2D eigenvalue weighted by Crippen LogP contribution is 2.56. The van der Waals surface area contributed by atoms with Crippen LogP contribution < -0.4 is 10.5 Å². The maximum Gasteiger partial charge on any atom is 0.283 e. The number of oxazole rings is 1. The van der Waals surface area contributed by atoms with E-state index in [9.17, 15) is 18.0 Å². The predicted molar refractivity (Wildman–Crippen MR) is 110 cm³/mol. The fraction of sp³-hybridized carbons (Fsp3) is 0.318. The topological polar surface area (TPSA) is 126 Å². The van der Waals surface area contributed by atoms with E-state index >= 15 is 0 Å². The van der Waals surface area contributed by atoms with E-state index in [1.54, 1.807) is 0 Å². The Kier molecular flexibility index (Phi) is 5.42. The summed E-state index contributed by atoms with van der Waals surface area (Å²) in [5.41, 5.74) is 3.49. The van der Waals surface area contributed by atoms with Crippen LogP contribution in [0, 0.1) is 11.7 Å². The zero-order valence-corrected chi connectivity index (χ0v) is 17.5. The van der Waals surface area contributed by atoms with Crippen LogP contribution >= 0.6 is 0 Å². The molecule has 1 aliphatic heterocycles. The Morgan fingerprint density at radius 3 is 2.82 bits per heavy atom. The monoisotopic (exact) mass is 473 g/mol. The number of amidine groups is 1. The Labute approximate surface area is 190 Å². The summed E-state index contributed by atoms with van der Waals surface area (Å²) in [6, 6.07) is 3.24. The number of nitrogens with zero attached hydrogens (tertiary/aromatic N) is 4. The number of carbonyl (C=O) groups is 1. The van der Waals surface area contributed by atoms with E-state index in [1.165, 1.54) is 37.1 Å². The van der Waals surface area contributed by atoms with E-state index in [0.29, 0.717) is 11.3 Å². The molecule has 1 fully saturated rings. The van der Waals surface area contributed by atoms with Crippen molar-refractivity contribution in [3.8, 4) is 5.88 Å². The summed E-state index contributed by atoms with van der Waals surface area (Å²) in [6.45, 7) is 0.0894. The summed E-state index contributed by atoms with van der Waals surface area (Å²) in [4.78, 5) is 28.4. The first kappa shape index (κ1) is 21.9. The quantitative estimate of drug-likeness (QED) is 0.495. The molecule has 0 unspecified atom stereocenters. The summed E-state index contributed by atoms with van der Waals surface area (Å²) < 4.78 is 58.9. The normalized spacial score (nSPS) is 23.1. The number of carbonyl (C=O) groups excluding carboxylic acids is 1. The van der Waals surface area contributed by atoms with Crippen LogP contribution in [0.15, 0.2) is 52.6 Å². The second-order valence-corrected chi connectivity index (χ2v) is 7.99. The van der Waals surface area contributed by atoms with Crippen LogP contribution in [0.2, 0.25) is 0 Å². The number of hydrogen-bond donors (Lipinski definition) is 1. The number of aromatic nitrogens is 3. The lowest BCUT2D eigenvalue weighted by Crippen LogP contribution is -2.43. The Hall–Kier alpha value is -3.96. The molecule has 3 atom stereocenters. The standard InChI is InChI=1S/C22H18F3N5O4/c23-15-2-1-11(3-13(15)22(20(24)25)14-5-18(14)34-21(26)30-22)4-17(31)16-7-29-19(8-28-16)32-9-12-6-27-10-33-12/h1-3,6-8,10,14,18,20H,4-5,9H2,(H2,26,30)/t14-,18+,22+/m0/s1. The zero-order valence-electron chi connectivity index (χ0n) is 17.5. The molecule has 176 valence electrons. The van der Waals surface area contributed by atoms with Gasteiger partial charge in [-0.2, -0.15) is 0 Å². The zero-order chi connectivity index (χ0) is 23.9. The number of hydrogen-bond acceptors (Lipinski definition) is 9. The number of benzene rings is 1. The maximum absolute atomic E-state index is 14.7. The van der Waals surface area contributed by atoms with Gasteiger partial charge in [0.05, 0.1) is 18.6 Å². The lowest BCUT2D eigenvalue weighted by molar-refractivity contribution is 0.0176. The fourth-order valence-electron chi connectivity index (χ4n) is 4.06. The van der Waals surface area contributed by atoms with E-state index in [2.05, 4.69) is 19.9 Å². The third-order valence-electron chi connectivity index (χ3n) is 5.78. The van der Waals surface area contributed by atoms with Crippen molar-refractivity contribution in [2.45, 2.75) is 37.5 Å². The Morgan fingerprint density at radius 1 is 1.26 bits per heavy atom. The fourth-order valence-corrected chi connectivity index (χ4v) is 4.06. The minimum absolute atomic E-state index is 0.0389. The molecule has 5 rings (SSSR count). The molecule has 0 bridgehead atoms. The number of rotatable bonds is 8. The molecule has 34 heavy (non-hydrogen) atoms. The summed E-state index contributed by atoms with van der Waals surface area (Å²) in [7, 11) is 0. The van der Waals surface area contributed by atoms with Gasteiger partial charge >= 0.3 is 0 Å². The molecule has 1 aliphatic carbocycles. The van der Waals surface area contributed by atoms with Crippen LogP contribution in [0.3, 0.4) is 0 Å². The molecule has 12 heteroatoms. The van der Waals surface area contributed by atoms with Gasteiger partial charge in [0.1, 0.15) is 24.2 Å². The van der Waals surface area contributed by atoms with E-state index < -0.39 is 41.6 Å². The van der Waals surface area contributed by atoms with Crippen molar-refractivity contribution in [2.75, 3.05) is 0 Å². The number of nitrogens with two attached hydrogens (primary N) is 1. The van der Waals surface area contributed by atoms with Gasteiger partial charge in [-0.3, -0.25) is 4.79 Å². The van der Waals surface area contributed by atoms with Gasteiger partial charge in [0.25, 0.3) is 12.4 Å². The van der Waals surface area contributed by atoms with Gasteiger partial charge in [-0.05, 0) is 24.1 Å². The van der Waals surface area contributed by atoms with E-state index in [-0.39, 0.29) is 36.6 Å². The van der Waals surface area contributed by atoms with Gasteiger partial charge in [0.2, 0.25) is 5.88 Å². The Balaban J connectivity index is 1.34. The Bertz CT molecular complexity index is 1240. The number of ether oxygens (including phenoxy) is 2. The number of aliphatic imine (C=N–C) groups is 1. The number of alkyl halides is 2. The van der Waals surface area contributed by atoms with Crippen LogP contribution in [0.1, 0.15) is 33.8 Å². The van der Waals surface area contributed by atoms with Gasteiger partial charge in [0, 0.05) is 17.9 Å². The van der Waals surface area contributed by atoms with Gasteiger partial charge in [-0.1, -0.05) is 6.07 Å². The number of halogens is 3. The van der Waals surface area contributed by atoms with Crippen molar-refractivity contribution in [1.82, 2.24) is 15.0 Å². The summed E-state index contributed by atoms with van der Waals surface area (Å²) in [5, 5.41) is 0. The molecule has 2 aromatic heterocycles. The van der Waals surface area contributed by atoms with Gasteiger partial charge < -0.3 is 19.6 Å². The molecule has 9 nitrogen and oxygen atoms in total. The third-order valence-corrected chi connectivity index (χ3v) is 5.78. The van der Waals surface area contributed by atoms with E-state index in [0.717, 1.165) is 6.07 Å². The molecule has 3 heterocycles. The third kappa shape index (κ3) is 3.95. The number of Topliss-reactive ketones (excluding diaryl/α,β-unsaturated/α-hetero) is 1. The molecule has 3 aromatic rings. The molecule has 0 saturated heterocycles. The lowest BCUT2D eigenvalue weighted by Gasteiger charge is -2.33. The predicted octanol–water partition coefficient (Wildman–Crippen LogP) is 2.80. The van der Waals surface area contributed by atoms with Gasteiger partial charge in [0.15, 0.2) is 23.5 Å². The average Bonchev–Trinajstić information content (AvgIpc) is 3.41. The first-order valence-corrected chi connectivity index (χ1v) is 10.3. The lowest BCUT2D eigenvalue weighted by atomic mass is 9.83. The molecule has 2 aliphatic rings. The van der Waals surface area contributed by atoms with Crippen LogP contribution in [-0.2, 0) is 23.3 Å². The summed E-state index contributed by atoms with van der Waals surface area (Å²) >= 11 is 0. The van der Waals surface area contributed by atoms with E-state index in [4.69, 9.17) is 19.6 Å². The molecule has 0 spiro atoms. The van der Waals surface area contributed by atoms with Gasteiger partial charge in [-0.15, -0.1) is 0 Å². The molecular weight excluding hydrogens is 455 g/mol. The minimum Gasteiger partial charge on any atom is -0.468 e. The maximum atomic E-state index is 14.7. The molecule has 0 radical (unpaired) electrons. The smallest absolute Gasteiger partial charge is 0.283 e. The highest BCUT2D eigenvalue weighted by molar-refractivity contribution is 5.95. The minimum atomic E-state index is -3.01. The van der Waals surface area contributed by atoms with Crippen molar-refractivity contribution in [3.05, 3.63) is 71.6 Å². The molecule has 1 saturated carbocycles. The Morgan fingerprint density at radius 2 is 2.12 bits per heavy atom. The first-order chi connectivity index (χ1) is 16.4. The molecule has 0 amide bonds. The molecule has 2 N–H and O–H groups in total. The van der Waals surface area contributed by atoms with Crippen LogP contribution in [-0.4, -0.2) is 39.3 Å². The second kappa shape index (κ2) is 8.43. The second-order valence-electron chi connectivity index (χ2n) is 7.99. The highest BCUT2D eigenvalue weighted by Gasteiger charge is 2.64. The van der Waals surface area contributed by atoms with Crippen molar-refractivity contribution in [3.63, 3.8) is 0 Å². The summed E-state index contributed by atoms with van der Waals surface area (Å²) in [5.74, 6) is -1.32. The molecular formula is C22H18F3N5O4. The largest absolute Gasteiger partial charge is 0.468 e. The van der Waals surface area contributed by atoms with E-state index in [1.807, 2.05) is 0 Å². The van der Waals surface area contributed by atoms with Crippen LogP contribution in [0.4, 0.5) is 13.2 Å². The van der Waals surface area contributed by atoms with Crippen LogP contribution in [0.25, 0.3) is 0 Å². The van der Waals surface area contributed by atoms with Crippen molar-refractivity contribution in [1.29, 1.82) is 0 Å². The van der Waals surface area contributed by atoms with Crippen LogP contribution in [0.5, 0.6) is 5.88 Å². The number of fused-ring (bicyclic) bond motifs is 1. The van der Waals surface area contributed by atoms with Crippen molar-refractivity contribution in [2.24, 2.45) is 16.6 Å². The average molecular weight is 473 g/mol. The van der Waals surface area contributed by atoms with Crippen molar-refractivity contribution < 1.29 is 31.9 Å².